The monoisotopic (exact) mass is 207 g/mol. The smallest absolute Gasteiger partial charge is 0.0157 e. The minimum Gasteiger partial charge on any atom is -0.313 e. The maximum absolute atomic E-state index is 3.42. The first-order chi connectivity index (χ1) is 4.66. The van der Waals surface area contributed by atoms with E-state index in [1.54, 1.807) is 0 Å². The van der Waals surface area contributed by atoms with E-state index >= 15 is 0 Å². The van der Waals surface area contributed by atoms with E-state index in [1.807, 2.05) is 0 Å². The lowest BCUT2D eigenvalue weighted by Crippen LogP contribution is -2.28. The Kier molecular flexibility index (Phi) is 6.44. The molecular weight excluding hydrogens is 190 g/mol. The van der Waals surface area contributed by atoms with Gasteiger partial charge in [0.2, 0.25) is 0 Å². The summed E-state index contributed by atoms with van der Waals surface area (Å²) in [6.45, 7) is 7.83. The molecule has 0 amide bonds. The van der Waals surface area contributed by atoms with Gasteiger partial charge in [-0.3, -0.25) is 0 Å². The summed E-state index contributed by atoms with van der Waals surface area (Å²) in [7, 11) is 0. The number of nitrogens with one attached hydrogen (secondary N) is 1. The van der Waals surface area contributed by atoms with Gasteiger partial charge < -0.3 is 5.32 Å². The van der Waals surface area contributed by atoms with Crippen molar-refractivity contribution in [3.8, 4) is 0 Å². The molecule has 0 aromatic heterocycles. The van der Waals surface area contributed by atoms with Crippen LogP contribution >= 0.6 is 15.9 Å². The maximum atomic E-state index is 3.42. The lowest BCUT2D eigenvalue weighted by molar-refractivity contribution is 0.452. The first-order valence-electron chi connectivity index (χ1n) is 3.96. The fourth-order valence-electron chi connectivity index (χ4n) is 1.09. The van der Waals surface area contributed by atoms with Crippen LogP contribution in [0.1, 0.15) is 27.2 Å². The summed E-state index contributed by atoms with van der Waals surface area (Å²) in [5.74, 6) is 0.804. The van der Waals surface area contributed by atoms with Crippen molar-refractivity contribution >= 4 is 15.9 Å². The van der Waals surface area contributed by atoms with Gasteiger partial charge in [0, 0.05) is 17.9 Å². The third-order valence-corrected chi connectivity index (χ3v) is 1.81. The Labute approximate surface area is 72.7 Å². The van der Waals surface area contributed by atoms with Crippen LogP contribution in [0.15, 0.2) is 0 Å². The van der Waals surface area contributed by atoms with Crippen LogP contribution in [-0.2, 0) is 0 Å². The zero-order chi connectivity index (χ0) is 7.98. The molecule has 0 aliphatic carbocycles. The molecule has 0 heterocycles. The summed E-state index contributed by atoms with van der Waals surface area (Å²) in [4.78, 5) is 0. The van der Waals surface area contributed by atoms with Gasteiger partial charge in [0.25, 0.3) is 0 Å². The maximum Gasteiger partial charge on any atom is 0.0157 e. The van der Waals surface area contributed by atoms with Crippen molar-refractivity contribution in [3.05, 3.63) is 0 Å². The Morgan fingerprint density at radius 3 is 2.30 bits per heavy atom. The summed E-state index contributed by atoms with van der Waals surface area (Å²) in [6.07, 6.45) is 1.27. The largest absolute Gasteiger partial charge is 0.313 e. The SMILES string of the molecule is CC(C)CC(C)NCCBr. The molecule has 0 radical (unpaired) electrons. The van der Waals surface area contributed by atoms with E-state index in [-0.39, 0.29) is 0 Å². The molecule has 1 atom stereocenters. The molecule has 0 spiro atoms. The number of alkyl halides is 1. The Balaban J connectivity index is 3.16. The third-order valence-electron chi connectivity index (χ3n) is 1.41. The number of halogens is 1. The van der Waals surface area contributed by atoms with Crippen LogP contribution in [0.2, 0.25) is 0 Å². The van der Waals surface area contributed by atoms with Crippen molar-refractivity contribution in [2.45, 2.75) is 33.2 Å². The van der Waals surface area contributed by atoms with E-state index < -0.39 is 0 Å². The minimum atomic E-state index is 0.664. The standard InChI is InChI=1S/C8H18BrN/c1-7(2)6-8(3)10-5-4-9/h7-8,10H,4-6H2,1-3H3. The van der Waals surface area contributed by atoms with Crippen molar-refractivity contribution in [3.63, 3.8) is 0 Å². The van der Waals surface area contributed by atoms with E-state index in [0.717, 1.165) is 17.8 Å². The van der Waals surface area contributed by atoms with E-state index in [0.29, 0.717) is 6.04 Å². The van der Waals surface area contributed by atoms with Gasteiger partial charge >= 0.3 is 0 Å². The van der Waals surface area contributed by atoms with Crippen LogP contribution in [0.3, 0.4) is 0 Å². The number of hydrogen-bond donors (Lipinski definition) is 1. The van der Waals surface area contributed by atoms with Crippen LogP contribution in [-0.4, -0.2) is 17.9 Å². The molecule has 0 saturated carbocycles. The number of hydrogen-bond acceptors (Lipinski definition) is 1. The summed E-state index contributed by atoms with van der Waals surface area (Å²) in [5, 5.41) is 4.47. The highest BCUT2D eigenvalue weighted by Gasteiger charge is 2.01. The molecule has 62 valence electrons. The highest BCUT2D eigenvalue weighted by molar-refractivity contribution is 9.09. The molecule has 0 aliphatic heterocycles. The van der Waals surface area contributed by atoms with Gasteiger partial charge in [0.1, 0.15) is 0 Å². The summed E-state index contributed by atoms with van der Waals surface area (Å²) in [6, 6.07) is 0.664. The molecule has 1 nitrogen and oxygen atoms in total. The highest BCUT2D eigenvalue weighted by atomic mass is 79.9. The Morgan fingerprint density at radius 2 is 1.90 bits per heavy atom. The molecule has 0 aliphatic rings. The van der Waals surface area contributed by atoms with E-state index in [9.17, 15) is 0 Å². The van der Waals surface area contributed by atoms with Crippen LogP contribution in [0, 0.1) is 5.92 Å². The van der Waals surface area contributed by atoms with E-state index in [4.69, 9.17) is 0 Å². The van der Waals surface area contributed by atoms with E-state index in [1.165, 1.54) is 6.42 Å². The van der Waals surface area contributed by atoms with Crippen molar-refractivity contribution in [2.75, 3.05) is 11.9 Å². The van der Waals surface area contributed by atoms with Gasteiger partial charge in [-0.15, -0.1) is 0 Å². The molecule has 10 heavy (non-hydrogen) atoms. The Bertz CT molecular complexity index is 73.7. The second-order valence-corrected chi connectivity index (χ2v) is 3.97. The molecule has 0 rings (SSSR count). The predicted molar refractivity (Wildman–Crippen MR) is 50.7 cm³/mol. The van der Waals surface area contributed by atoms with E-state index in [2.05, 4.69) is 42.0 Å². The lowest BCUT2D eigenvalue weighted by Gasteiger charge is -2.14. The fraction of sp³-hybridized carbons (Fsp3) is 1.00. The topological polar surface area (TPSA) is 12.0 Å². The van der Waals surface area contributed by atoms with Crippen LogP contribution in [0.25, 0.3) is 0 Å². The zero-order valence-electron chi connectivity index (χ0n) is 7.15. The van der Waals surface area contributed by atoms with Crippen molar-refractivity contribution in [2.24, 2.45) is 5.92 Å². The van der Waals surface area contributed by atoms with Crippen molar-refractivity contribution in [1.82, 2.24) is 5.32 Å². The lowest BCUT2D eigenvalue weighted by atomic mass is 10.1. The highest BCUT2D eigenvalue weighted by Crippen LogP contribution is 2.02. The molecule has 1 unspecified atom stereocenters. The molecule has 0 bridgehead atoms. The zero-order valence-corrected chi connectivity index (χ0v) is 8.74. The molecule has 0 fully saturated rings. The van der Waals surface area contributed by atoms with Crippen LogP contribution in [0.4, 0.5) is 0 Å². The molecule has 0 aromatic carbocycles. The van der Waals surface area contributed by atoms with Crippen molar-refractivity contribution < 1.29 is 0 Å². The predicted octanol–water partition coefficient (Wildman–Crippen LogP) is 2.41. The average Bonchev–Trinajstić information content (AvgIpc) is 1.82. The fourth-order valence-corrected chi connectivity index (χ4v) is 1.32. The van der Waals surface area contributed by atoms with Crippen LogP contribution < -0.4 is 5.32 Å². The summed E-state index contributed by atoms with van der Waals surface area (Å²) in [5.41, 5.74) is 0. The van der Waals surface area contributed by atoms with Gasteiger partial charge in [0.05, 0.1) is 0 Å². The Morgan fingerprint density at radius 1 is 1.30 bits per heavy atom. The average molecular weight is 208 g/mol. The molecule has 2 heteroatoms. The normalized spacial score (nSPS) is 14.1. The molecule has 0 saturated heterocycles. The third kappa shape index (κ3) is 6.56. The minimum absolute atomic E-state index is 0.664. The first kappa shape index (κ1) is 10.4. The van der Waals surface area contributed by atoms with Gasteiger partial charge in [0.15, 0.2) is 0 Å². The van der Waals surface area contributed by atoms with Gasteiger partial charge in [-0.2, -0.15) is 0 Å². The second-order valence-electron chi connectivity index (χ2n) is 3.17. The molecule has 0 aromatic rings. The van der Waals surface area contributed by atoms with Crippen LogP contribution in [0.5, 0.6) is 0 Å². The molecular formula is C8H18BrN. The summed E-state index contributed by atoms with van der Waals surface area (Å²) >= 11 is 3.38. The Hall–Kier alpha value is 0.440. The van der Waals surface area contributed by atoms with Gasteiger partial charge in [-0.1, -0.05) is 29.8 Å². The molecule has 1 N–H and O–H groups in total. The second kappa shape index (κ2) is 6.17. The summed E-state index contributed by atoms with van der Waals surface area (Å²) < 4.78 is 0. The van der Waals surface area contributed by atoms with Crippen molar-refractivity contribution in [1.29, 1.82) is 0 Å². The van der Waals surface area contributed by atoms with Gasteiger partial charge in [-0.25, -0.2) is 0 Å². The quantitative estimate of drug-likeness (QED) is 0.684. The van der Waals surface area contributed by atoms with Gasteiger partial charge in [-0.05, 0) is 19.3 Å². The first-order valence-corrected chi connectivity index (χ1v) is 5.08. The number of rotatable bonds is 5.